The number of ether oxygens (including phenoxy) is 1. The summed E-state index contributed by atoms with van der Waals surface area (Å²) in [6, 6.07) is -0.458. The van der Waals surface area contributed by atoms with E-state index in [-0.39, 0.29) is 0 Å². The van der Waals surface area contributed by atoms with Crippen LogP contribution in [0.5, 0.6) is 5.88 Å². The van der Waals surface area contributed by atoms with Crippen LogP contribution in [0.2, 0.25) is 0 Å². The van der Waals surface area contributed by atoms with Crippen molar-refractivity contribution in [2.45, 2.75) is 17.4 Å². The zero-order valence-electron chi connectivity index (χ0n) is 9.77. The smallest absolute Gasteiger partial charge is 0.366 e. The van der Waals surface area contributed by atoms with Crippen molar-refractivity contribution in [3.8, 4) is 5.88 Å². The van der Waals surface area contributed by atoms with Gasteiger partial charge >= 0.3 is 24.2 Å². The molecule has 0 aliphatic carbocycles. The number of hydrogen-bond donors (Lipinski definition) is 1. The van der Waals surface area contributed by atoms with Crippen molar-refractivity contribution in [1.82, 2.24) is 4.98 Å². The second-order valence-corrected chi connectivity index (χ2v) is 5.01. The first-order valence-electron chi connectivity index (χ1n) is 4.68. The first kappa shape index (κ1) is 17.9. The number of rotatable bonds is 3. The molecular formula is C7H3F6N3O5S. The number of sulfonamides is 1. The number of nitrogens with zero attached hydrogens (tertiary/aromatic N) is 2. The van der Waals surface area contributed by atoms with Crippen molar-refractivity contribution < 1.29 is 44.4 Å². The summed E-state index contributed by atoms with van der Waals surface area (Å²) >= 11 is 0. The minimum atomic E-state index is -5.57. The average molecular weight is 355 g/mol. The standard InChI is InChI=1S/C7H3F6N3O5S/c8-6(9,10)2-1-3(21-7(11,12)13)15-5(16(17)18)4(2)22(14,19)20/h1H,(H2,14,19,20). The Labute approximate surface area is 116 Å². The Bertz CT molecular complexity index is 713. The summed E-state index contributed by atoms with van der Waals surface area (Å²) in [6.07, 6.45) is -11.1. The lowest BCUT2D eigenvalue weighted by molar-refractivity contribution is -0.393. The summed E-state index contributed by atoms with van der Waals surface area (Å²) in [5.74, 6) is -3.91. The molecule has 0 aliphatic heterocycles. The lowest BCUT2D eigenvalue weighted by Gasteiger charge is -2.12. The van der Waals surface area contributed by atoms with Gasteiger partial charge in [-0.25, -0.2) is 13.6 Å². The molecule has 0 saturated carbocycles. The minimum Gasteiger partial charge on any atom is -0.366 e. The fraction of sp³-hybridized carbons (Fsp3) is 0.286. The van der Waals surface area contributed by atoms with Crippen LogP contribution in [0.25, 0.3) is 0 Å². The van der Waals surface area contributed by atoms with Crippen molar-refractivity contribution in [2.75, 3.05) is 0 Å². The molecule has 1 heterocycles. The fourth-order valence-corrected chi connectivity index (χ4v) is 2.14. The Kier molecular flexibility index (Phi) is 4.26. The predicted octanol–water partition coefficient (Wildman–Crippen LogP) is 1.55. The van der Waals surface area contributed by atoms with Gasteiger partial charge in [0.1, 0.15) is 0 Å². The molecular weight excluding hydrogens is 352 g/mol. The van der Waals surface area contributed by atoms with Gasteiger partial charge in [-0.05, 0) is 4.92 Å². The van der Waals surface area contributed by atoms with Crippen LogP contribution in [0.1, 0.15) is 5.56 Å². The lowest BCUT2D eigenvalue weighted by atomic mass is 10.2. The monoisotopic (exact) mass is 355 g/mol. The maximum atomic E-state index is 12.7. The number of aromatic nitrogens is 1. The Morgan fingerprint density at radius 2 is 1.73 bits per heavy atom. The number of primary sulfonamides is 1. The quantitative estimate of drug-likeness (QED) is 0.498. The van der Waals surface area contributed by atoms with E-state index in [1.165, 1.54) is 0 Å². The van der Waals surface area contributed by atoms with Gasteiger partial charge in [0.15, 0.2) is 4.90 Å². The normalized spacial score (nSPS) is 13.0. The Morgan fingerprint density at radius 1 is 1.23 bits per heavy atom. The molecule has 1 aromatic heterocycles. The minimum absolute atomic E-state index is 0.458. The van der Waals surface area contributed by atoms with Crippen LogP contribution in [0.3, 0.4) is 0 Å². The third kappa shape index (κ3) is 4.17. The van der Waals surface area contributed by atoms with E-state index in [4.69, 9.17) is 0 Å². The van der Waals surface area contributed by atoms with Crippen LogP contribution in [0.4, 0.5) is 32.2 Å². The number of hydrogen-bond acceptors (Lipinski definition) is 6. The summed E-state index contributed by atoms with van der Waals surface area (Å²) < 4.78 is 99.4. The maximum Gasteiger partial charge on any atom is 0.575 e. The molecule has 0 spiro atoms. The molecule has 0 atom stereocenters. The number of alkyl halides is 6. The van der Waals surface area contributed by atoms with Crippen LogP contribution >= 0.6 is 0 Å². The molecule has 22 heavy (non-hydrogen) atoms. The van der Waals surface area contributed by atoms with Gasteiger partial charge in [0.05, 0.1) is 5.56 Å². The lowest BCUT2D eigenvalue weighted by Crippen LogP contribution is -2.23. The zero-order valence-corrected chi connectivity index (χ0v) is 10.6. The highest BCUT2D eigenvalue weighted by Crippen LogP contribution is 2.40. The van der Waals surface area contributed by atoms with Crippen molar-refractivity contribution in [3.05, 3.63) is 21.7 Å². The summed E-state index contributed by atoms with van der Waals surface area (Å²) in [7, 11) is -5.31. The molecule has 0 unspecified atom stereocenters. The van der Waals surface area contributed by atoms with E-state index < -0.39 is 55.7 Å². The van der Waals surface area contributed by atoms with Gasteiger partial charge in [0.25, 0.3) is 0 Å². The van der Waals surface area contributed by atoms with E-state index in [1.807, 2.05) is 0 Å². The molecule has 0 radical (unpaired) electrons. The number of pyridine rings is 1. The Morgan fingerprint density at radius 3 is 2.05 bits per heavy atom. The Hall–Kier alpha value is -2.16. The highest BCUT2D eigenvalue weighted by atomic mass is 32.2. The highest BCUT2D eigenvalue weighted by molar-refractivity contribution is 7.89. The highest BCUT2D eigenvalue weighted by Gasteiger charge is 2.45. The first-order valence-corrected chi connectivity index (χ1v) is 6.22. The van der Waals surface area contributed by atoms with E-state index in [0.717, 1.165) is 0 Å². The zero-order chi connectivity index (χ0) is 17.5. The van der Waals surface area contributed by atoms with Gasteiger partial charge in [-0.15, -0.1) is 13.2 Å². The van der Waals surface area contributed by atoms with Crippen LogP contribution < -0.4 is 9.88 Å². The summed E-state index contributed by atoms with van der Waals surface area (Å²) in [5.41, 5.74) is -2.31. The molecule has 0 bridgehead atoms. The van der Waals surface area contributed by atoms with Gasteiger partial charge in [0.2, 0.25) is 10.0 Å². The molecule has 2 N–H and O–H groups in total. The molecule has 15 heteroatoms. The van der Waals surface area contributed by atoms with Gasteiger partial charge < -0.3 is 14.9 Å². The number of nitro groups is 1. The molecule has 0 amide bonds. The van der Waals surface area contributed by atoms with Gasteiger partial charge in [-0.3, -0.25) is 0 Å². The van der Waals surface area contributed by atoms with Gasteiger partial charge in [-0.1, -0.05) is 0 Å². The molecule has 124 valence electrons. The topological polar surface area (TPSA) is 125 Å². The largest absolute Gasteiger partial charge is 0.575 e. The number of halogens is 6. The predicted molar refractivity (Wildman–Crippen MR) is 53.9 cm³/mol. The van der Waals surface area contributed by atoms with E-state index in [0.29, 0.717) is 0 Å². The molecule has 0 fully saturated rings. The number of nitrogens with two attached hydrogens (primary N) is 1. The van der Waals surface area contributed by atoms with Crippen molar-refractivity contribution >= 4 is 15.8 Å². The second kappa shape index (κ2) is 5.24. The van der Waals surface area contributed by atoms with E-state index in [9.17, 15) is 44.9 Å². The molecule has 1 aromatic rings. The van der Waals surface area contributed by atoms with Crippen LogP contribution in [-0.2, 0) is 16.2 Å². The molecule has 8 nitrogen and oxygen atoms in total. The van der Waals surface area contributed by atoms with Crippen LogP contribution in [0.15, 0.2) is 11.0 Å². The summed E-state index contributed by atoms with van der Waals surface area (Å²) in [4.78, 5) is 9.27. The van der Waals surface area contributed by atoms with E-state index in [2.05, 4.69) is 14.9 Å². The summed E-state index contributed by atoms with van der Waals surface area (Å²) in [5, 5.41) is 15.0. The van der Waals surface area contributed by atoms with Crippen molar-refractivity contribution in [2.24, 2.45) is 5.14 Å². The third-order valence-electron chi connectivity index (χ3n) is 1.91. The second-order valence-electron chi connectivity index (χ2n) is 3.51. The average Bonchev–Trinajstić information content (AvgIpc) is 2.22. The molecule has 0 aromatic carbocycles. The van der Waals surface area contributed by atoms with Gasteiger partial charge in [-0.2, -0.15) is 13.2 Å². The van der Waals surface area contributed by atoms with Crippen LogP contribution in [-0.4, -0.2) is 24.7 Å². The summed E-state index contributed by atoms with van der Waals surface area (Å²) in [6.45, 7) is 0. The third-order valence-corrected chi connectivity index (χ3v) is 2.89. The van der Waals surface area contributed by atoms with Crippen molar-refractivity contribution in [3.63, 3.8) is 0 Å². The van der Waals surface area contributed by atoms with Crippen LogP contribution in [0, 0.1) is 10.1 Å². The Balaban J connectivity index is 3.81. The molecule has 0 aliphatic rings. The molecule has 0 saturated heterocycles. The molecule has 1 rings (SSSR count). The van der Waals surface area contributed by atoms with Gasteiger partial charge in [0, 0.05) is 11.1 Å². The van der Waals surface area contributed by atoms with Crippen molar-refractivity contribution in [1.29, 1.82) is 0 Å². The maximum absolute atomic E-state index is 12.7. The first-order chi connectivity index (χ1) is 9.63. The SMILES string of the molecule is NS(=O)(=O)c1c(C(F)(F)F)cc(OC(F)(F)F)nc1[N+](=O)[O-]. The van der Waals surface area contributed by atoms with E-state index >= 15 is 0 Å². The van der Waals surface area contributed by atoms with E-state index in [1.54, 1.807) is 0 Å². The fourth-order valence-electron chi connectivity index (χ4n) is 1.28.